The van der Waals surface area contributed by atoms with Gasteiger partial charge in [-0.1, -0.05) is 55.4 Å². The number of nitrogens with one attached hydrogen (secondary N) is 2. The van der Waals surface area contributed by atoms with Crippen LogP contribution in [0.2, 0.25) is 0 Å². The molecule has 2 aromatic heterocycles. The monoisotopic (exact) mass is 400 g/mol. The van der Waals surface area contributed by atoms with Gasteiger partial charge in [0.1, 0.15) is 0 Å². The highest BCUT2D eigenvalue weighted by Gasteiger charge is 2.18. The lowest BCUT2D eigenvalue weighted by atomic mass is 10.2. The third-order valence-electron chi connectivity index (χ3n) is 3.74. The minimum atomic E-state index is -0.422. The van der Waals surface area contributed by atoms with Crippen LogP contribution in [0.5, 0.6) is 0 Å². The number of aromatic amines is 1. The second-order valence-corrected chi connectivity index (χ2v) is 8.13. The van der Waals surface area contributed by atoms with Crippen molar-refractivity contribution >= 4 is 34.1 Å². The molecule has 140 valence electrons. The van der Waals surface area contributed by atoms with Gasteiger partial charge in [0.25, 0.3) is 5.56 Å². The van der Waals surface area contributed by atoms with Crippen LogP contribution in [0.15, 0.2) is 51.7 Å². The third kappa shape index (κ3) is 5.27. The molecule has 3 rings (SSSR count). The van der Waals surface area contributed by atoms with Crippen molar-refractivity contribution in [1.29, 1.82) is 0 Å². The minimum absolute atomic E-state index is 0.183. The van der Waals surface area contributed by atoms with Crippen LogP contribution in [-0.2, 0) is 11.2 Å². The number of carbonyl (C=O) groups is 1. The van der Waals surface area contributed by atoms with E-state index >= 15 is 0 Å². The molecule has 27 heavy (non-hydrogen) atoms. The lowest BCUT2D eigenvalue weighted by Gasteiger charge is -2.10. The van der Waals surface area contributed by atoms with Gasteiger partial charge in [0, 0.05) is 22.7 Å². The number of H-pyrrole nitrogens is 1. The highest BCUT2D eigenvalue weighted by molar-refractivity contribution is 8.00. The Bertz CT molecular complexity index is 969. The summed E-state index contributed by atoms with van der Waals surface area (Å²) in [4.78, 5) is 35.8. The summed E-state index contributed by atoms with van der Waals surface area (Å²) in [5, 5.41) is 5.33. The highest BCUT2D eigenvalue weighted by atomic mass is 32.2. The molecule has 0 aliphatic carbocycles. The number of amides is 1. The lowest BCUT2D eigenvalue weighted by molar-refractivity contribution is -0.115. The van der Waals surface area contributed by atoms with E-state index in [2.05, 4.69) is 20.3 Å². The molecule has 2 heterocycles. The first-order chi connectivity index (χ1) is 13.0. The van der Waals surface area contributed by atoms with Gasteiger partial charge in [-0.25, -0.2) is 9.97 Å². The molecule has 0 unspecified atom stereocenters. The molecule has 1 amide bonds. The Morgan fingerprint density at radius 2 is 2.07 bits per heavy atom. The number of thiazole rings is 1. The number of hydrogen-bond acceptors (Lipinski definition) is 6. The zero-order valence-corrected chi connectivity index (χ0v) is 16.7. The van der Waals surface area contributed by atoms with Gasteiger partial charge in [0.15, 0.2) is 10.3 Å². The summed E-state index contributed by atoms with van der Waals surface area (Å²) in [6.45, 7) is 3.81. The molecule has 6 nitrogen and oxygen atoms in total. The fourth-order valence-corrected chi connectivity index (χ4v) is 3.98. The van der Waals surface area contributed by atoms with E-state index in [9.17, 15) is 9.59 Å². The molecule has 0 spiro atoms. The maximum Gasteiger partial charge on any atom is 0.251 e. The maximum absolute atomic E-state index is 12.5. The number of nitrogens with zero attached hydrogens (tertiary/aromatic N) is 2. The average Bonchev–Trinajstić information content (AvgIpc) is 3.10. The summed E-state index contributed by atoms with van der Waals surface area (Å²) in [5.74, 6) is -0.183. The number of aromatic nitrogens is 3. The molecule has 0 saturated heterocycles. The van der Waals surface area contributed by atoms with Gasteiger partial charge in [-0.3, -0.25) is 9.59 Å². The predicted octanol–water partition coefficient (Wildman–Crippen LogP) is 3.97. The van der Waals surface area contributed by atoms with E-state index in [1.54, 1.807) is 6.92 Å². The quantitative estimate of drug-likeness (QED) is 0.463. The number of anilines is 1. The Labute approximate surface area is 165 Å². The van der Waals surface area contributed by atoms with Crippen molar-refractivity contribution in [3.63, 3.8) is 0 Å². The number of hydrogen-bond donors (Lipinski definition) is 2. The van der Waals surface area contributed by atoms with Crippen LogP contribution < -0.4 is 10.9 Å². The fraction of sp³-hybridized carbons (Fsp3) is 0.263. The van der Waals surface area contributed by atoms with E-state index < -0.39 is 5.25 Å². The Kier molecular flexibility index (Phi) is 6.41. The summed E-state index contributed by atoms with van der Waals surface area (Å²) in [5.41, 5.74) is 2.38. The number of aryl methyl sites for hydroxylation is 1. The van der Waals surface area contributed by atoms with Crippen LogP contribution in [0.25, 0.3) is 11.3 Å². The van der Waals surface area contributed by atoms with Crippen molar-refractivity contribution < 1.29 is 4.79 Å². The van der Waals surface area contributed by atoms with Crippen molar-refractivity contribution in [1.82, 2.24) is 15.0 Å². The molecular weight excluding hydrogens is 380 g/mol. The number of rotatable bonds is 7. The number of benzene rings is 1. The van der Waals surface area contributed by atoms with Crippen molar-refractivity contribution in [2.75, 3.05) is 5.32 Å². The van der Waals surface area contributed by atoms with Gasteiger partial charge in [0.2, 0.25) is 5.91 Å². The molecule has 2 N–H and O–H groups in total. The smallest absolute Gasteiger partial charge is 0.251 e. The van der Waals surface area contributed by atoms with Gasteiger partial charge in [0.05, 0.1) is 10.9 Å². The highest BCUT2D eigenvalue weighted by Crippen LogP contribution is 2.26. The van der Waals surface area contributed by atoms with Gasteiger partial charge in [-0.2, -0.15) is 0 Å². The molecule has 0 aliphatic heterocycles. The zero-order chi connectivity index (χ0) is 19.2. The van der Waals surface area contributed by atoms with E-state index in [0.29, 0.717) is 10.3 Å². The van der Waals surface area contributed by atoms with Crippen molar-refractivity contribution in [2.45, 2.75) is 37.1 Å². The molecule has 3 aromatic rings. The minimum Gasteiger partial charge on any atom is -0.301 e. The largest absolute Gasteiger partial charge is 0.301 e. The van der Waals surface area contributed by atoms with Gasteiger partial charge < -0.3 is 10.3 Å². The molecule has 1 aromatic carbocycles. The zero-order valence-electron chi connectivity index (χ0n) is 15.1. The third-order valence-corrected chi connectivity index (χ3v) is 5.48. The topological polar surface area (TPSA) is 87.7 Å². The van der Waals surface area contributed by atoms with Crippen LogP contribution in [-0.4, -0.2) is 26.1 Å². The summed E-state index contributed by atoms with van der Waals surface area (Å²) in [7, 11) is 0. The average molecular weight is 401 g/mol. The van der Waals surface area contributed by atoms with E-state index in [0.717, 1.165) is 29.8 Å². The molecule has 0 fully saturated rings. The molecule has 0 radical (unpaired) electrons. The van der Waals surface area contributed by atoms with Crippen molar-refractivity contribution in [2.24, 2.45) is 0 Å². The first-order valence-corrected chi connectivity index (χ1v) is 10.4. The van der Waals surface area contributed by atoms with E-state index in [-0.39, 0.29) is 11.5 Å². The predicted molar refractivity (Wildman–Crippen MR) is 110 cm³/mol. The van der Waals surface area contributed by atoms with E-state index in [4.69, 9.17) is 0 Å². The van der Waals surface area contributed by atoms with E-state index in [1.165, 1.54) is 29.2 Å². The van der Waals surface area contributed by atoms with Crippen molar-refractivity contribution in [3.05, 3.63) is 57.8 Å². The normalized spacial score (nSPS) is 11.9. The summed E-state index contributed by atoms with van der Waals surface area (Å²) in [6, 6.07) is 11.3. The first kappa shape index (κ1) is 19.3. The van der Waals surface area contributed by atoms with Gasteiger partial charge in [-0.15, -0.1) is 11.3 Å². The van der Waals surface area contributed by atoms with Crippen LogP contribution in [0.4, 0.5) is 5.13 Å². The fourth-order valence-electron chi connectivity index (χ4n) is 2.42. The first-order valence-electron chi connectivity index (χ1n) is 8.64. The van der Waals surface area contributed by atoms with Gasteiger partial charge in [-0.05, 0) is 13.3 Å². The Morgan fingerprint density at radius 3 is 2.81 bits per heavy atom. The lowest BCUT2D eigenvalue weighted by Crippen LogP contribution is -2.23. The number of carbonyl (C=O) groups excluding carboxylic acids is 1. The molecule has 0 saturated carbocycles. The molecule has 8 heteroatoms. The van der Waals surface area contributed by atoms with Crippen LogP contribution >= 0.6 is 23.1 Å². The van der Waals surface area contributed by atoms with E-state index in [1.807, 2.05) is 42.6 Å². The van der Waals surface area contributed by atoms with Crippen LogP contribution in [0, 0.1) is 0 Å². The summed E-state index contributed by atoms with van der Waals surface area (Å²) >= 11 is 2.61. The summed E-state index contributed by atoms with van der Waals surface area (Å²) in [6.07, 6.45) is 1.64. The van der Waals surface area contributed by atoms with Crippen LogP contribution in [0.3, 0.4) is 0 Å². The molecular formula is C19H20N4O2S2. The summed E-state index contributed by atoms with van der Waals surface area (Å²) < 4.78 is 0. The second kappa shape index (κ2) is 8.96. The standard InChI is InChI=1S/C19H20N4O2S2/c1-3-7-14-10-16(24)22-19(20-14)27-12(2)17(25)23-18-21-15(11-26-18)13-8-5-4-6-9-13/h4-6,8-12H,3,7H2,1-2H3,(H,20,22,24)(H,21,23,25)/t12-/m1/s1. The van der Waals surface area contributed by atoms with Crippen LogP contribution in [0.1, 0.15) is 26.0 Å². The van der Waals surface area contributed by atoms with Crippen molar-refractivity contribution in [3.8, 4) is 11.3 Å². The Balaban J connectivity index is 1.65. The maximum atomic E-state index is 12.5. The Hall–Kier alpha value is -2.45. The molecule has 0 aliphatic rings. The second-order valence-electron chi connectivity index (χ2n) is 5.95. The SMILES string of the molecule is CCCc1cc(=O)[nH]c(S[C@H](C)C(=O)Nc2nc(-c3ccccc3)cs2)n1. The molecule has 1 atom stereocenters. The Morgan fingerprint density at radius 1 is 1.30 bits per heavy atom. The number of thioether (sulfide) groups is 1. The molecule has 0 bridgehead atoms. The van der Waals surface area contributed by atoms with Gasteiger partial charge >= 0.3 is 0 Å².